The second kappa shape index (κ2) is 8.31. The van der Waals surface area contributed by atoms with Gasteiger partial charge in [0.1, 0.15) is 18.1 Å². The number of hydrogen-bond acceptors (Lipinski definition) is 5. The van der Waals surface area contributed by atoms with Gasteiger partial charge in [-0.15, -0.1) is 0 Å². The maximum Gasteiger partial charge on any atom is 0.513 e. The molecule has 0 aliphatic heterocycles. The van der Waals surface area contributed by atoms with Gasteiger partial charge in [0.25, 0.3) is 0 Å². The van der Waals surface area contributed by atoms with Crippen LogP contribution in [0.15, 0.2) is 30.3 Å². The zero-order chi connectivity index (χ0) is 17.7. The van der Waals surface area contributed by atoms with Crippen molar-refractivity contribution in [2.75, 3.05) is 7.11 Å². The van der Waals surface area contributed by atoms with Crippen LogP contribution in [0.4, 0.5) is 4.79 Å². The van der Waals surface area contributed by atoms with Crippen molar-refractivity contribution in [1.82, 2.24) is 0 Å². The summed E-state index contributed by atoms with van der Waals surface area (Å²) in [4.78, 5) is 11.4. The van der Waals surface area contributed by atoms with Crippen molar-refractivity contribution in [1.29, 1.82) is 0 Å². The van der Waals surface area contributed by atoms with Crippen LogP contribution in [-0.4, -0.2) is 13.3 Å². The molecule has 0 bridgehead atoms. The molecule has 0 fully saturated rings. The standard InChI is InChI=1S/C18H19ClO4S/c1-11-7-15(19)17(8-12(11)2)22-9-14-13(10-24)5-4-6-16(14)23-18(20)21-3/h4-8,24H,9-10H2,1-3H3. The SMILES string of the molecule is COC(=O)Oc1cccc(CS)c1COc1cc(C)c(C)cc1Cl. The van der Waals surface area contributed by atoms with Gasteiger partial charge in [-0.05, 0) is 48.7 Å². The molecule has 0 aliphatic carbocycles. The third kappa shape index (κ3) is 4.36. The molecule has 4 nitrogen and oxygen atoms in total. The summed E-state index contributed by atoms with van der Waals surface area (Å²) in [6, 6.07) is 9.13. The summed E-state index contributed by atoms with van der Waals surface area (Å²) in [5, 5.41) is 0.539. The van der Waals surface area contributed by atoms with Gasteiger partial charge >= 0.3 is 6.16 Å². The highest BCUT2D eigenvalue weighted by atomic mass is 35.5. The molecular weight excluding hydrogens is 348 g/mol. The lowest BCUT2D eigenvalue weighted by Crippen LogP contribution is -2.11. The van der Waals surface area contributed by atoms with E-state index in [9.17, 15) is 4.79 Å². The van der Waals surface area contributed by atoms with Gasteiger partial charge in [0, 0.05) is 11.3 Å². The number of thiol groups is 1. The Kier molecular flexibility index (Phi) is 6.40. The van der Waals surface area contributed by atoms with Gasteiger partial charge in [-0.25, -0.2) is 4.79 Å². The number of aryl methyl sites for hydroxylation is 2. The fourth-order valence-corrected chi connectivity index (χ4v) is 2.73. The average molecular weight is 367 g/mol. The second-order valence-corrected chi connectivity index (χ2v) is 5.99. The van der Waals surface area contributed by atoms with Crippen molar-refractivity contribution in [3.8, 4) is 11.5 Å². The monoisotopic (exact) mass is 366 g/mol. The zero-order valence-electron chi connectivity index (χ0n) is 13.8. The van der Waals surface area contributed by atoms with Crippen LogP contribution in [0.3, 0.4) is 0 Å². The van der Waals surface area contributed by atoms with E-state index in [0.717, 1.165) is 22.3 Å². The molecule has 0 heterocycles. The summed E-state index contributed by atoms with van der Waals surface area (Å²) in [5.41, 5.74) is 3.81. The van der Waals surface area contributed by atoms with Gasteiger partial charge in [0.05, 0.1) is 12.1 Å². The molecule has 2 aromatic rings. The molecule has 0 saturated carbocycles. The molecule has 2 aromatic carbocycles. The van der Waals surface area contributed by atoms with Gasteiger partial charge in [-0.3, -0.25) is 0 Å². The number of benzene rings is 2. The summed E-state index contributed by atoms with van der Waals surface area (Å²) in [6.45, 7) is 4.18. The Balaban J connectivity index is 2.28. The van der Waals surface area contributed by atoms with E-state index in [4.69, 9.17) is 21.1 Å². The molecule has 0 atom stereocenters. The van der Waals surface area contributed by atoms with Crippen LogP contribution in [-0.2, 0) is 17.1 Å². The highest BCUT2D eigenvalue weighted by Crippen LogP contribution is 2.31. The molecule has 0 N–H and O–H groups in total. The topological polar surface area (TPSA) is 44.8 Å². The number of hydrogen-bond donors (Lipinski definition) is 1. The van der Waals surface area contributed by atoms with Crippen LogP contribution in [0.5, 0.6) is 11.5 Å². The van der Waals surface area contributed by atoms with E-state index in [1.807, 2.05) is 32.0 Å². The first kappa shape index (κ1) is 18.5. The first-order chi connectivity index (χ1) is 11.5. The number of methoxy groups -OCH3 is 1. The predicted octanol–water partition coefficient (Wildman–Crippen LogP) is 5.11. The largest absolute Gasteiger partial charge is 0.513 e. The quantitative estimate of drug-likeness (QED) is 0.453. The minimum Gasteiger partial charge on any atom is -0.487 e. The molecule has 24 heavy (non-hydrogen) atoms. The van der Waals surface area contributed by atoms with Crippen LogP contribution in [0.2, 0.25) is 5.02 Å². The van der Waals surface area contributed by atoms with Crippen molar-refractivity contribution in [3.05, 3.63) is 57.6 Å². The molecule has 0 aliphatic rings. The molecule has 0 unspecified atom stereocenters. The van der Waals surface area contributed by atoms with Crippen molar-refractivity contribution in [2.45, 2.75) is 26.2 Å². The summed E-state index contributed by atoms with van der Waals surface area (Å²) in [7, 11) is 1.26. The number of ether oxygens (including phenoxy) is 3. The number of carbonyl (C=O) groups excluding carboxylic acids is 1. The molecule has 0 radical (unpaired) electrons. The maximum atomic E-state index is 11.4. The minimum atomic E-state index is -0.781. The van der Waals surface area contributed by atoms with Crippen molar-refractivity contribution >= 4 is 30.4 Å². The second-order valence-electron chi connectivity index (χ2n) is 5.26. The highest BCUT2D eigenvalue weighted by Gasteiger charge is 2.14. The van der Waals surface area contributed by atoms with Crippen LogP contribution in [0.1, 0.15) is 22.3 Å². The van der Waals surface area contributed by atoms with Crippen LogP contribution in [0, 0.1) is 13.8 Å². The Labute approximate surface area is 152 Å². The summed E-state index contributed by atoms with van der Waals surface area (Å²) in [6.07, 6.45) is -0.781. The lowest BCUT2D eigenvalue weighted by Gasteiger charge is -2.15. The van der Waals surface area contributed by atoms with E-state index in [1.54, 1.807) is 12.1 Å². The third-order valence-electron chi connectivity index (χ3n) is 3.68. The minimum absolute atomic E-state index is 0.200. The lowest BCUT2D eigenvalue weighted by atomic mass is 10.1. The summed E-state index contributed by atoms with van der Waals surface area (Å²) in [5.74, 6) is 1.45. The Morgan fingerprint density at radius 2 is 1.88 bits per heavy atom. The van der Waals surface area contributed by atoms with E-state index in [2.05, 4.69) is 17.4 Å². The van der Waals surface area contributed by atoms with Crippen LogP contribution >= 0.6 is 24.2 Å². The normalized spacial score (nSPS) is 10.4. The Hall–Kier alpha value is -1.85. The van der Waals surface area contributed by atoms with Crippen molar-refractivity contribution in [3.63, 3.8) is 0 Å². The number of carbonyl (C=O) groups is 1. The van der Waals surface area contributed by atoms with Gasteiger partial charge in [0.2, 0.25) is 0 Å². The first-order valence-electron chi connectivity index (χ1n) is 7.33. The molecule has 0 amide bonds. The van der Waals surface area contributed by atoms with Crippen molar-refractivity contribution in [2.24, 2.45) is 0 Å². The molecule has 6 heteroatoms. The number of rotatable bonds is 5. The zero-order valence-corrected chi connectivity index (χ0v) is 15.4. The van der Waals surface area contributed by atoms with E-state index < -0.39 is 6.16 Å². The van der Waals surface area contributed by atoms with Crippen molar-refractivity contribution < 1.29 is 19.0 Å². The maximum absolute atomic E-state index is 11.4. The Bertz CT molecular complexity index is 746. The molecule has 0 aromatic heterocycles. The molecule has 2 rings (SSSR count). The molecule has 0 spiro atoms. The van der Waals surface area contributed by atoms with Gasteiger partial charge in [-0.2, -0.15) is 12.6 Å². The van der Waals surface area contributed by atoms with Gasteiger partial charge in [-0.1, -0.05) is 23.7 Å². The van der Waals surface area contributed by atoms with Gasteiger partial charge < -0.3 is 14.2 Å². The summed E-state index contributed by atoms with van der Waals surface area (Å²) >= 11 is 10.6. The Morgan fingerprint density at radius 1 is 1.17 bits per heavy atom. The lowest BCUT2D eigenvalue weighted by molar-refractivity contribution is 0.120. The van der Waals surface area contributed by atoms with E-state index in [-0.39, 0.29) is 6.61 Å². The van der Waals surface area contributed by atoms with Gasteiger partial charge in [0.15, 0.2) is 0 Å². The number of halogens is 1. The fourth-order valence-electron chi connectivity index (χ4n) is 2.17. The summed E-state index contributed by atoms with van der Waals surface area (Å²) < 4.78 is 15.6. The average Bonchev–Trinajstić information content (AvgIpc) is 2.57. The fraction of sp³-hybridized carbons (Fsp3) is 0.278. The van der Waals surface area contributed by atoms with Crippen LogP contribution in [0.25, 0.3) is 0 Å². The Morgan fingerprint density at radius 3 is 2.54 bits per heavy atom. The highest BCUT2D eigenvalue weighted by molar-refractivity contribution is 7.79. The van der Waals surface area contributed by atoms with E-state index in [1.165, 1.54) is 7.11 Å². The van der Waals surface area contributed by atoms with E-state index >= 15 is 0 Å². The third-order valence-corrected chi connectivity index (χ3v) is 4.32. The molecule has 128 valence electrons. The van der Waals surface area contributed by atoms with E-state index in [0.29, 0.717) is 22.3 Å². The molecule has 0 saturated heterocycles. The predicted molar refractivity (Wildman–Crippen MR) is 97.4 cm³/mol. The molecular formula is C18H19ClO4S. The first-order valence-corrected chi connectivity index (χ1v) is 8.34. The van der Waals surface area contributed by atoms with Crippen LogP contribution < -0.4 is 9.47 Å². The smallest absolute Gasteiger partial charge is 0.487 e.